The van der Waals surface area contributed by atoms with Gasteiger partial charge in [-0.15, -0.1) is 11.3 Å². The third-order valence-electron chi connectivity index (χ3n) is 6.45. The van der Waals surface area contributed by atoms with Gasteiger partial charge in [0.05, 0.1) is 17.9 Å². The van der Waals surface area contributed by atoms with Crippen LogP contribution >= 0.6 is 22.9 Å². The van der Waals surface area contributed by atoms with Crippen LogP contribution in [-0.2, 0) is 4.74 Å². The van der Waals surface area contributed by atoms with Gasteiger partial charge in [-0.3, -0.25) is 13.8 Å². The summed E-state index contributed by atoms with van der Waals surface area (Å²) in [5, 5.41) is 5.43. The van der Waals surface area contributed by atoms with Crippen LogP contribution in [-0.4, -0.2) is 30.5 Å². The third kappa shape index (κ3) is 3.95. The Morgan fingerprint density at radius 3 is 2.94 bits per heavy atom. The average Bonchev–Trinajstić information content (AvgIpc) is 3.49. The van der Waals surface area contributed by atoms with Gasteiger partial charge in [-0.25, -0.2) is 19.3 Å². The number of rotatable bonds is 5. The summed E-state index contributed by atoms with van der Waals surface area (Å²) in [5.41, 5.74) is 2.54. The van der Waals surface area contributed by atoms with Gasteiger partial charge in [0, 0.05) is 12.0 Å². The molecule has 8 nitrogen and oxygen atoms in total. The summed E-state index contributed by atoms with van der Waals surface area (Å²) < 4.78 is 23.4. The molecule has 0 amide bonds. The highest BCUT2D eigenvalue weighted by atomic mass is 35.5. The first-order valence-corrected chi connectivity index (χ1v) is 12.9. The van der Waals surface area contributed by atoms with E-state index in [9.17, 15) is 9.18 Å². The van der Waals surface area contributed by atoms with Crippen molar-refractivity contribution < 1.29 is 9.13 Å². The highest BCUT2D eigenvalue weighted by molar-refractivity contribution is 7.16. The molecule has 184 valence electrons. The maximum atomic E-state index is 14.1. The maximum absolute atomic E-state index is 14.1. The molecule has 2 unspecified atom stereocenters. The Hall–Kier alpha value is -3.34. The Balaban J connectivity index is 1.44. The molecule has 2 atom stereocenters. The lowest BCUT2D eigenvalue weighted by atomic mass is 9.97. The van der Waals surface area contributed by atoms with Crippen molar-refractivity contribution in [3.63, 3.8) is 0 Å². The lowest BCUT2D eigenvalue weighted by Crippen LogP contribution is -2.20. The van der Waals surface area contributed by atoms with Crippen molar-refractivity contribution in [3.8, 4) is 11.1 Å². The molecule has 1 fully saturated rings. The Bertz CT molecular complexity index is 1640. The van der Waals surface area contributed by atoms with Crippen LogP contribution in [0.4, 0.5) is 10.2 Å². The average molecular weight is 525 g/mol. The number of aromatic nitrogens is 5. The summed E-state index contributed by atoms with van der Waals surface area (Å²) in [6.07, 6.45) is 6.16. The number of thiazole rings is 1. The molecule has 1 aliphatic rings. The first-order valence-electron chi connectivity index (χ1n) is 11.7. The lowest BCUT2D eigenvalue weighted by molar-refractivity contribution is -0.0298. The maximum Gasteiger partial charge on any atom is 0.265 e. The minimum absolute atomic E-state index is 0.102. The smallest absolute Gasteiger partial charge is 0.265 e. The quantitative estimate of drug-likeness (QED) is 0.311. The van der Waals surface area contributed by atoms with E-state index in [0.29, 0.717) is 50.3 Å². The monoisotopic (exact) mass is 524 g/mol. The molecule has 0 spiro atoms. The van der Waals surface area contributed by atoms with Gasteiger partial charge in [-0.1, -0.05) is 23.7 Å². The van der Waals surface area contributed by atoms with E-state index in [1.807, 2.05) is 17.6 Å². The van der Waals surface area contributed by atoms with Crippen molar-refractivity contribution in [1.82, 2.24) is 23.9 Å². The number of imidazole rings is 1. The van der Waals surface area contributed by atoms with E-state index < -0.39 is 5.82 Å². The number of nitrogens with one attached hydrogen (secondary N) is 1. The molecule has 0 bridgehead atoms. The van der Waals surface area contributed by atoms with Crippen LogP contribution < -0.4 is 10.9 Å². The summed E-state index contributed by atoms with van der Waals surface area (Å²) in [6.45, 7) is 2.64. The van der Waals surface area contributed by atoms with Crippen LogP contribution in [0.1, 0.15) is 44.0 Å². The van der Waals surface area contributed by atoms with Crippen molar-refractivity contribution in [2.75, 3.05) is 11.9 Å². The van der Waals surface area contributed by atoms with Gasteiger partial charge in [0.2, 0.25) is 0 Å². The van der Waals surface area contributed by atoms with Gasteiger partial charge in [0.25, 0.3) is 5.56 Å². The Kier molecular flexibility index (Phi) is 5.94. The highest BCUT2D eigenvalue weighted by Crippen LogP contribution is 2.33. The van der Waals surface area contributed by atoms with Crippen LogP contribution in [0.25, 0.3) is 27.1 Å². The third-order valence-corrected chi connectivity index (χ3v) is 7.74. The molecule has 6 rings (SSSR count). The second-order valence-corrected chi connectivity index (χ2v) is 10.0. The van der Waals surface area contributed by atoms with Crippen molar-refractivity contribution in [1.29, 1.82) is 0 Å². The van der Waals surface area contributed by atoms with Crippen molar-refractivity contribution in [2.45, 2.75) is 38.5 Å². The number of nitrogens with zero attached hydrogens (tertiary/aromatic N) is 5. The van der Waals surface area contributed by atoms with E-state index in [1.54, 1.807) is 23.8 Å². The summed E-state index contributed by atoms with van der Waals surface area (Å²) >= 11 is 7.68. The Labute approximate surface area is 214 Å². The van der Waals surface area contributed by atoms with Gasteiger partial charge >= 0.3 is 0 Å². The SMILES string of the molecule is CC(Nc1ncnc2c1ncn2C1CCCCO1)c1cc2scc(Cl)n2c(=O)c1-c1cccc(F)c1. The van der Waals surface area contributed by atoms with Crippen LogP contribution in [0.2, 0.25) is 5.15 Å². The fraction of sp³-hybridized carbons (Fsp3) is 0.280. The summed E-state index contributed by atoms with van der Waals surface area (Å²) in [7, 11) is 0. The van der Waals surface area contributed by atoms with Gasteiger partial charge in [-0.05, 0) is 55.5 Å². The van der Waals surface area contributed by atoms with E-state index in [-0.39, 0.29) is 17.8 Å². The number of ether oxygens (including phenoxy) is 1. The highest BCUT2D eigenvalue weighted by Gasteiger charge is 2.23. The number of hydrogen-bond donors (Lipinski definition) is 1. The topological polar surface area (TPSA) is 86.3 Å². The largest absolute Gasteiger partial charge is 0.362 e. The van der Waals surface area contributed by atoms with Crippen LogP contribution in [0.5, 0.6) is 0 Å². The van der Waals surface area contributed by atoms with E-state index in [0.717, 1.165) is 19.3 Å². The van der Waals surface area contributed by atoms with Gasteiger partial charge < -0.3 is 10.1 Å². The molecule has 0 aliphatic carbocycles. The van der Waals surface area contributed by atoms with E-state index in [4.69, 9.17) is 16.3 Å². The van der Waals surface area contributed by atoms with Crippen molar-refractivity contribution in [3.05, 3.63) is 75.3 Å². The van der Waals surface area contributed by atoms with E-state index in [1.165, 1.54) is 34.2 Å². The van der Waals surface area contributed by atoms with Gasteiger partial charge in [0.1, 0.15) is 28.4 Å². The van der Waals surface area contributed by atoms with Gasteiger partial charge in [-0.2, -0.15) is 0 Å². The molecular formula is C25H22ClFN6O2S. The van der Waals surface area contributed by atoms with E-state index in [2.05, 4.69) is 20.3 Å². The summed E-state index contributed by atoms with van der Waals surface area (Å²) in [6, 6.07) is 7.55. The standard InChI is InChI=1S/C25H22ClFN6O2S/c1-14(31-23-22-24(29-12-28-23)32(13-30-22)19-7-2-3-8-35-19)17-10-20-33(18(26)11-36-20)25(34)21(17)15-5-4-6-16(27)9-15/h4-6,9-14,19H,2-3,7-8H2,1H3,(H,28,29,31). The van der Waals surface area contributed by atoms with Crippen LogP contribution in [0.3, 0.4) is 0 Å². The van der Waals surface area contributed by atoms with Crippen LogP contribution in [0, 0.1) is 5.82 Å². The number of fused-ring (bicyclic) bond motifs is 2. The predicted octanol–water partition coefficient (Wildman–Crippen LogP) is 5.83. The zero-order valence-electron chi connectivity index (χ0n) is 19.3. The zero-order valence-corrected chi connectivity index (χ0v) is 20.9. The number of anilines is 1. The molecule has 1 aliphatic heterocycles. The summed E-state index contributed by atoms with van der Waals surface area (Å²) in [5.74, 6) is 0.115. The molecule has 36 heavy (non-hydrogen) atoms. The van der Waals surface area contributed by atoms with Crippen molar-refractivity contribution in [2.24, 2.45) is 0 Å². The van der Waals surface area contributed by atoms with Crippen LogP contribution in [0.15, 0.2) is 53.2 Å². The molecule has 0 radical (unpaired) electrons. The zero-order chi connectivity index (χ0) is 24.8. The molecule has 4 aromatic heterocycles. The molecule has 11 heteroatoms. The second-order valence-electron chi connectivity index (χ2n) is 8.76. The Morgan fingerprint density at radius 2 is 2.14 bits per heavy atom. The summed E-state index contributed by atoms with van der Waals surface area (Å²) in [4.78, 5) is 27.7. The number of hydrogen-bond acceptors (Lipinski definition) is 7. The minimum Gasteiger partial charge on any atom is -0.362 e. The number of benzene rings is 1. The fourth-order valence-corrected chi connectivity index (χ4v) is 5.88. The number of halogens is 2. The molecular weight excluding hydrogens is 503 g/mol. The lowest BCUT2D eigenvalue weighted by Gasteiger charge is -2.23. The molecule has 1 saturated heterocycles. The Morgan fingerprint density at radius 1 is 1.25 bits per heavy atom. The molecule has 1 N–H and O–H groups in total. The molecule has 5 aromatic rings. The first kappa shape index (κ1) is 23.1. The normalized spacial score (nSPS) is 17.0. The molecule has 1 aromatic carbocycles. The predicted molar refractivity (Wildman–Crippen MR) is 138 cm³/mol. The molecule has 0 saturated carbocycles. The van der Waals surface area contributed by atoms with Crippen molar-refractivity contribution >= 4 is 44.7 Å². The van der Waals surface area contributed by atoms with E-state index >= 15 is 0 Å². The van der Waals surface area contributed by atoms with Gasteiger partial charge in [0.15, 0.2) is 17.0 Å². The fourth-order valence-electron chi connectivity index (χ4n) is 4.73. The number of pyridine rings is 1. The second kappa shape index (κ2) is 9.27. The minimum atomic E-state index is -0.423. The molecule has 5 heterocycles. The first-order chi connectivity index (χ1) is 17.5.